The molecule has 0 spiro atoms. The van der Waals surface area contributed by atoms with Crippen LogP contribution in [0.4, 0.5) is 0 Å². The molecule has 166 valence electrons. The smallest absolute Gasteiger partial charge is 0.254 e. The molecule has 0 unspecified atom stereocenters. The van der Waals surface area contributed by atoms with Crippen molar-refractivity contribution in [3.63, 3.8) is 0 Å². The number of thioether (sulfide) groups is 1. The first kappa shape index (κ1) is 21.9. The fourth-order valence-electron chi connectivity index (χ4n) is 3.83. The van der Waals surface area contributed by atoms with Gasteiger partial charge in [-0.25, -0.2) is 4.98 Å². The summed E-state index contributed by atoms with van der Waals surface area (Å²) in [6.45, 7) is 2.27. The minimum absolute atomic E-state index is 0.0837. The van der Waals surface area contributed by atoms with Crippen molar-refractivity contribution in [2.24, 2.45) is 0 Å². The van der Waals surface area contributed by atoms with Gasteiger partial charge in [0, 0.05) is 52.5 Å². The van der Waals surface area contributed by atoms with Gasteiger partial charge in [0.15, 0.2) is 11.0 Å². The molecule has 1 aromatic heterocycles. The molecule has 3 aromatic rings. The quantitative estimate of drug-likeness (QED) is 0.428. The average molecular weight is 487 g/mol. The Morgan fingerprint density at radius 2 is 1.84 bits per heavy atom. The molecule has 2 aliphatic rings. The Hall–Kier alpha value is -1.93. The normalized spacial score (nSPS) is 17.1. The largest absolute Gasteiger partial charge is 0.433 e. The van der Waals surface area contributed by atoms with Crippen LogP contribution in [0.15, 0.2) is 62.9 Å². The predicted molar refractivity (Wildman–Crippen MR) is 129 cm³/mol. The Kier molecular flexibility index (Phi) is 6.78. The van der Waals surface area contributed by atoms with Crippen molar-refractivity contribution in [3.8, 4) is 11.3 Å². The van der Waals surface area contributed by atoms with Crippen LogP contribution < -0.4 is 0 Å². The summed E-state index contributed by atoms with van der Waals surface area (Å²) < 4.78 is 11.8. The Bertz CT molecular complexity index is 1070. The van der Waals surface area contributed by atoms with Crippen molar-refractivity contribution in [1.82, 2.24) is 9.88 Å². The lowest BCUT2D eigenvalue weighted by Crippen LogP contribution is -2.27. The number of halogens is 1. The molecule has 5 rings (SSSR count). The van der Waals surface area contributed by atoms with Crippen LogP contribution in [-0.2, 0) is 4.74 Å². The summed E-state index contributed by atoms with van der Waals surface area (Å²) in [5.41, 5.74) is 2.45. The Morgan fingerprint density at radius 1 is 1.09 bits per heavy atom. The molecule has 0 saturated carbocycles. The van der Waals surface area contributed by atoms with Crippen molar-refractivity contribution < 1.29 is 13.9 Å². The Balaban J connectivity index is 1.44. The zero-order chi connectivity index (χ0) is 21.9. The second-order valence-electron chi connectivity index (χ2n) is 7.81. The van der Waals surface area contributed by atoms with Crippen molar-refractivity contribution in [3.05, 3.63) is 65.0 Å². The van der Waals surface area contributed by atoms with Crippen LogP contribution in [0, 0.1) is 0 Å². The molecule has 32 heavy (non-hydrogen) atoms. The number of aromatic nitrogens is 1. The fraction of sp³-hybridized carbons (Fsp3) is 0.333. The van der Waals surface area contributed by atoms with Gasteiger partial charge in [0.2, 0.25) is 0 Å². The number of oxazole rings is 1. The Morgan fingerprint density at radius 3 is 2.53 bits per heavy atom. The molecule has 5 nitrogen and oxygen atoms in total. The number of carbonyl (C=O) groups excluding carboxylic acids is 1. The van der Waals surface area contributed by atoms with Gasteiger partial charge in [-0.1, -0.05) is 23.7 Å². The molecular formula is C24H23ClN2O3S2. The zero-order valence-electron chi connectivity index (χ0n) is 17.5. The maximum atomic E-state index is 12.7. The van der Waals surface area contributed by atoms with E-state index in [1.807, 2.05) is 53.4 Å². The van der Waals surface area contributed by atoms with E-state index in [9.17, 15) is 4.79 Å². The summed E-state index contributed by atoms with van der Waals surface area (Å²) in [7, 11) is 0. The summed E-state index contributed by atoms with van der Waals surface area (Å²) in [4.78, 5) is 20.5. The van der Waals surface area contributed by atoms with E-state index < -0.39 is 0 Å². The number of hydrogen-bond acceptors (Lipinski definition) is 6. The number of hydrogen-bond donors (Lipinski definition) is 0. The highest BCUT2D eigenvalue weighted by Crippen LogP contribution is 2.40. The maximum absolute atomic E-state index is 12.7. The van der Waals surface area contributed by atoms with E-state index in [0.717, 1.165) is 71.4 Å². The van der Waals surface area contributed by atoms with E-state index in [1.54, 1.807) is 11.8 Å². The van der Waals surface area contributed by atoms with Crippen LogP contribution in [0.2, 0.25) is 5.02 Å². The molecule has 1 amide bonds. The van der Waals surface area contributed by atoms with Gasteiger partial charge in [-0.05, 0) is 61.0 Å². The molecular weight excluding hydrogens is 464 g/mol. The molecule has 2 aliphatic heterocycles. The van der Waals surface area contributed by atoms with Crippen molar-refractivity contribution in [1.29, 1.82) is 0 Å². The summed E-state index contributed by atoms with van der Waals surface area (Å²) >= 11 is 9.37. The van der Waals surface area contributed by atoms with Gasteiger partial charge in [-0.3, -0.25) is 4.79 Å². The minimum atomic E-state index is 0.0837. The zero-order valence-corrected chi connectivity index (χ0v) is 19.8. The van der Waals surface area contributed by atoms with Gasteiger partial charge in [-0.15, -0.1) is 11.8 Å². The number of benzene rings is 2. The predicted octanol–water partition coefficient (Wildman–Crippen LogP) is 6.19. The molecule has 0 aliphatic carbocycles. The molecule has 2 fully saturated rings. The number of rotatable bonds is 5. The van der Waals surface area contributed by atoms with Gasteiger partial charge >= 0.3 is 0 Å². The van der Waals surface area contributed by atoms with E-state index in [-0.39, 0.29) is 11.8 Å². The first-order valence-electron chi connectivity index (χ1n) is 10.7. The third-order valence-corrected chi connectivity index (χ3v) is 7.84. The molecule has 2 aromatic carbocycles. The first-order valence-corrected chi connectivity index (χ1v) is 13.0. The number of carbonyl (C=O) groups is 1. The molecule has 8 heteroatoms. The van der Waals surface area contributed by atoms with Gasteiger partial charge in [0.1, 0.15) is 5.69 Å². The van der Waals surface area contributed by atoms with Gasteiger partial charge in [0.25, 0.3) is 5.91 Å². The second-order valence-corrected chi connectivity index (χ2v) is 10.4. The Labute approximate surface area is 200 Å². The summed E-state index contributed by atoms with van der Waals surface area (Å²) in [6.07, 6.45) is 1.82. The lowest BCUT2D eigenvalue weighted by molar-refractivity contribution is 0.0785. The van der Waals surface area contributed by atoms with Crippen LogP contribution in [0.1, 0.15) is 35.0 Å². The van der Waals surface area contributed by atoms with Gasteiger partial charge in [-0.2, -0.15) is 0 Å². The highest BCUT2D eigenvalue weighted by molar-refractivity contribution is 7.99. The lowest BCUT2D eigenvalue weighted by atomic mass is 10.0. The van der Waals surface area contributed by atoms with Gasteiger partial charge < -0.3 is 14.1 Å². The van der Waals surface area contributed by atoms with E-state index in [0.29, 0.717) is 10.6 Å². The summed E-state index contributed by atoms with van der Waals surface area (Å²) in [5.74, 6) is 2.87. The summed E-state index contributed by atoms with van der Waals surface area (Å²) in [5, 5.41) is 1.45. The number of amides is 1. The van der Waals surface area contributed by atoms with Gasteiger partial charge in [0.05, 0.1) is 5.88 Å². The highest BCUT2D eigenvalue weighted by atomic mass is 35.5. The first-order chi connectivity index (χ1) is 15.7. The SMILES string of the molecule is O=C(c1ccc(-c2nc(C3CCOCC3)oc2Sc2ccc(Cl)cc2)cc1)N1CCSC1. The van der Waals surface area contributed by atoms with Crippen LogP contribution in [0.5, 0.6) is 0 Å². The topological polar surface area (TPSA) is 55.6 Å². The number of nitrogens with zero attached hydrogens (tertiary/aromatic N) is 2. The molecule has 2 saturated heterocycles. The third-order valence-electron chi connectivity index (χ3n) is 5.65. The van der Waals surface area contributed by atoms with Crippen molar-refractivity contribution >= 4 is 41.0 Å². The van der Waals surface area contributed by atoms with Crippen molar-refractivity contribution in [2.45, 2.75) is 28.7 Å². The monoisotopic (exact) mass is 486 g/mol. The van der Waals surface area contributed by atoms with E-state index in [4.69, 9.17) is 25.7 Å². The van der Waals surface area contributed by atoms with E-state index >= 15 is 0 Å². The molecule has 0 radical (unpaired) electrons. The number of ether oxygens (including phenoxy) is 1. The molecule has 0 atom stereocenters. The second kappa shape index (κ2) is 9.91. The maximum Gasteiger partial charge on any atom is 0.254 e. The average Bonchev–Trinajstić information content (AvgIpc) is 3.52. The van der Waals surface area contributed by atoms with E-state index in [2.05, 4.69) is 0 Å². The lowest BCUT2D eigenvalue weighted by Gasteiger charge is -2.18. The molecule has 0 N–H and O–H groups in total. The summed E-state index contributed by atoms with van der Waals surface area (Å²) in [6, 6.07) is 15.4. The third kappa shape index (κ3) is 4.86. The van der Waals surface area contributed by atoms with Crippen LogP contribution >= 0.6 is 35.1 Å². The van der Waals surface area contributed by atoms with E-state index in [1.165, 1.54) is 11.8 Å². The van der Waals surface area contributed by atoms with Crippen molar-refractivity contribution in [2.75, 3.05) is 31.4 Å². The standard InChI is InChI=1S/C24H23ClN2O3S2/c25-19-5-7-20(8-6-19)32-24-21(26-22(30-24)17-9-12-29-13-10-17)16-1-3-18(4-2-16)23(28)27-11-14-31-15-27/h1-8,17H,9-15H2. The van der Waals surface area contributed by atoms with Crippen LogP contribution in [-0.4, -0.2) is 47.2 Å². The molecule has 0 bridgehead atoms. The fourth-order valence-corrected chi connectivity index (χ4v) is 5.77. The van der Waals surface area contributed by atoms with Crippen LogP contribution in [0.25, 0.3) is 11.3 Å². The minimum Gasteiger partial charge on any atom is -0.433 e. The van der Waals surface area contributed by atoms with Crippen LogP contribution in [0.3, 0.4) is 0 Å². The highest BCUT2D eigenvalue weighted by Gasteiger charge is 2.25. The molecule has 3 heterocycles.